The van der Waals surface area contributed by atoms with E-state index in [1.54, 1.807) is 0 Å². The second-order valence-electron chi connectivity index (χ2n) is 4.00. The van der Waals surface area contributed by atoms with Gasteiger partial charge in [0.15, 0.2) is 0 Å². The zero-order chi connectivity index (χ0) is 14.0. The number of hydrogen-bond acceptors (Lipinski definition) is 5. The first-order valence-corrected chi connectivity index (χ1v) is 5.31. The van der Waals surface area contributed by atoms with Crippen LogP contribution in [0.5, 0.6) is 0 Å². The highest BCUT2D eigenvalue weighted by molar-refractivity contribution is 5.97. The summed E-state index contributed by atoms with van der Waals surface area (Å²) in [5, 5.41) is 12.4. The molecule has 6 nitrogen and oxygen atoms in total. The molecule has 0 atom stereocenters. The van der Waals surface area contributed by atoms with Crippen molar-refractivity contribution in [1.29, 1.82) is 0 Å². The lowest BCUT2D eigenvalue weighted by atomic mass is 9.83. The highest BCUT2D eigenvalue weighted by Crippen LogP contribution is 2.27. The van der Waals surface area contributed by atoms with Crippen LogP contribution in [0.25, 0.3) is 0 Å². The second kappa shape index (κ2) is 4.82. The molecule has 19 heavy (non-hydrogen) atoms. The van der Waals surface area contributed by atoms with Gasteiger partial charge >= 0.3 is 12.1 Å². The summed E-state index contributed by atoms with van der Waals surface area (Å²) in [7, 11) is 0. The van der Waals surface area contributed by atoms with E-state index in [0.29, 0.717) is 18.6 Å². The lowest BCUT2D eigenvalue weighted by molar-refractivity contribution is -0.145. The number of nitrogens with zero attached hydrogens (tertiary/aromatic N) is 3. The fraction of sp³-hybridized carbons (Fsp3) is 0.400. The molecule has 102 valence electrons. The molecular formula is C10H9F3N4O2. The number of hydrazone groups is 1. The molecule has 0 aromatic carbocycles. The number of aliphatic carboxylic acids is 1. The van der Waals surface area contributed by atoms with Gasteiger partial charge in [-0.3, -0.25) is 10.2 Å². The summed E-state index contributed by atoms with van der Waals surface area (Å²) in [4.78, 5) is 16.9. The van der Waals surface area contributed by atoms with Crippen molar-refractivity contribution < 1.29 is 23.1 Å². The number of hydrogen-bond donors (Lipinski definition) is 2. The van der Waals surface area contributed by atoms with Crippen LogP contribution in [0.2, 0.25) is 0 Å². The van der Waals surface area contributed by atoms with Gasteiger partial charge in [-0.05, 0) is 0 Å². The average Bonchev–Trinajstić information content (AvgIpc) is 2.25. The van der Waals surface area contributed by atoms with Crippen LogP contribution in [-0.4, -0.2) is 26.8 Å². The largest absolute Gasteiger partial charge is 0.481 e. The normalized spacial score (nSPS) is 18.7. The molecule has 9 heteroatoms. The molecule has 0 radical (unpaired) electrons. The van der Waals surface area contributed by atoms with Crippen LogP contribution < -0.4 is 5.43 Å². The van der Waals surface area contributed by atoms with E-state index in [0.717, 1.165) is 6.20 Å². The Labute approximate surface area is 105 Å². The third-order valence-corrected chi connectivity index (χ3v) is 2.55. The predicted octanol–water partition coefficient (Wildman–Crippen LogP) is 1.76. The topological polar surface area (TPSA) is 87.5 Å². The van der Waals surface area contributed by atoms with Crippen molar-refractivity contribution in [1.82, 2.24) is 9.97 Å². The van der Waals surface area contributed by atoms with Crippen molar-refractivity contribution in [3.63, 3.8) is 0 Å². The van der Waals surface area contributed by atoms with Crippen molar-refractivity contribution in [2.75, 3.05) is 5.43 Å². The number of anilines is 1. The molecule has 1 aromatic heterocycles. The van der Waals surface area contributed by atoms with Crippen LogP contribution in [0.15, 0.2) is 17.4 Å². The van der Waals surface area contributed by atoms with Gasteiger partial charge in [0.1, 0.15) is 5.82 Å². The lowest BCUT2D eigenvalue weighted by Gasteiger charge is -2.23. The molecule has 1 aliphatic rings. The van der Waals surface area contributed by atoms with Gasteiger partial charge < -0.3 is 5.11 Å². The van der Waals surface area contributed by atoms with E-state index in [-0.39, 0.29) is 5.82 Å². The van der Waals surface area contributed by atoms with E-state index in [9.17, 15) is 18.0 Å². The van der Waals surface area contributed by atoms with Crippen molar-refractivity contribution in [3.8, 4) is 0 Å². The summed E-state index contributed by atoms with van der Waals surface area (Å²) in [6.45, 7) is 0. The van der Waals surface area contributed by atoms with Crippen molar-refractivity contribution >= 4 is 17.5 Å². The number of carbonyl (C=O) groups is 1. The van der Waals surface area contributed by atoms with Crippen LogP contribution in [0.3, 0.4) is 0 Å². The molecule has 0 amide bonds. The van der Waals surface area contributed by atoms with Gasteiger partial charge in [-0.2, -0.15) is 18.3 Å². The van der Waals surface area contributed by atoms with E-state index < -0.39 is 23.9 Å². The Kier molecular flexibility index (Phi) is 3.36. The van der Waals surface area contributed by atoms with Gasteiger partial charge in [-0.15, -0.1) is 0 Å². The summed E-state index contributed by atoms with van der Waals surface area (Å²) in [6.07, 6.45) is -3.06. The number of carboxylic acids is 1. The molecule has 1 aliphatic carbocycles. The maximum absolute atomic E-state index is 12.3. The summed E-state index contributed by atoms with van der Waals surface area (Å²) in [5.41, 5.74) is 2.95. The highest BCUT2D eigenvalue weighted by atomic mass is 19.4. The monoisotopic (exact) mass is 274 g/mol. The molecule has 1 aromatic rings. The fourth-order valence-corrected chi connectivity index (χ4v) is 1.47. The van der Waals surface area contributed by atoms with Crippen LogP contribution in [0, 0.1) is 5.92 Å². The van der Waals surface area contributed by atoms with Gasteiger partial charge in [0.25, 0.3) is 0 Å². The minimum absolute atomic E-state index is 0.0893. The smallest absolute Gasteiger partial charge is 0.451 e. The molecular weight excluding hydrogens is 265 g/mol. The first kappa shape index (κ1) is 13.2. The molecule has 1 fully saturated rings. The first-order chi connectivity index (χ1) is 8.86. The molecule has 2 rings (SSSR count). The Morgan fingerprint density at radius 2 is 2.16 bits per heavy atom. The van der Waals surface area contributed by atoms with Crippen LogP contribution in [0.4, 0.5) is 19.0 Å². The Balaban J connectivity index is 1.98. The molecule has 0 unspecified atom stereocenters. The molecule has 2 N–H and O–H groups in total. The Hall–Kier alpha value is -2.19. The van der Waals surface area contributed by atoms with Gasteiger partial charge in [0, 0.05) is 30.8 Å². The second-order valence-corrected chi connectivity index (χ2v) is 4.00. The minimum Gasteiger partial charge on any atom is -0.481 e. The summed E-state index contributed by atoms with van der Waals surface area (Å²) >= 11 is 0. The summed E-state index contributed by atoms with van der Waals surface area (Å²) in [5.74, 6) is -2.71. The van der Waals surface area contributed by atoms with Gasteiger partial charge in [-0.1, -0.05) is 0 Å². The number of rotatable bonds is 3. The molecule has 1 heterocycles. The van der Waals surface area contributed by atoms with E-state index >= 15 is 0 Å². The quantitative estimate of drug-likeness (QED) is 0.820. The van der Waals surface area contributed by atoms with E-state index in [1.165, 1.54) is 6.07 Å². The Morgan fingerprint density at radius 3 is 2.74 bits per heavy atom. The van der Waals surface area contributed by atoms with Crippen LogP contribution in [-0.2, 0) is 11.0 Å². The van der Waals surface area contributed by atoms with E-state index in [2.05, 4.69) is 20.5 Å². The van der Waals surface area contributed by atoms with Crippen molar-refractivity contribution in [3.05, 3.63) is 18.1 Å². The molecule has 0 spiro atoms. The van der Waals surface area contributed by atoms with E-state index in [4.69, 9.17) is 5.11 Å². The lowest BCUT2D eigenvalue weighted by Crippen LogP contribution is -2.31. The third kappa shape index (κ3) is 3.18. The Morgan fingerprint density at radius 1 is 1.47 bits per heavy atom. The zero-order valence-electron chi connectivity index (χ0n) is 9.48. The Bertz CT molecular complexity index is 522. The van der Waals surface area contributed by atoms with Gasteiger partial charge in [0.2, 0.25) is 5.82 Å². The number of halogens is 3. The highest BCUT2D eigenvalue weighted by Gasteiger charge is 2.35. The molecule has 0 saturated heterocycles. The molecule has 0 bridgehead atoms. The average molecular weight is 274 g/mol. The minimum atomic E-state index is -4.62. The number of alkyl halides is 3. The third-order valence-electron chi connectivity index (χ3n) is 2.55. The SMILES string of the molecule is O=C(O)C1CC(=NNc2ccnc(C(F)(F)F)n2)C1. The number of aromatic nitrogens is 2. The van der Waals surface area contributed by atoms with Crippen molar-refractivity contribution in [2.24, 2.45) is 11.0 Å². The van der Waals surface area contributed by atoms with E-state index in [1.807, 2.05) is 0 Å². The molecule has 0 aliphatic heterocycles. The van der Waals surface area contributed by atoms with Crippen LogP contribution >= 0.6 is 0 Å². The number of nitrogens with one attached hydrogen (secondary N) is 1. The zero-order valence-corrected chi connectivity index (χ0v) is 9.48. The van der Waals surface area contributed by atoms with Gasteiger partial charge in [0.05, 0.1) is 5.92 Å². The maximum Gasteiger partial charge on any atom is 0.451 e. The first-order valence-electron chi connectivity index (χ1n) is 5.31. The van der Waals surface area contributed by atoms with Crippen LogP contribution in [0.1, 0.15) is 18.7 Å². The standard InChI is InChI=1S/C10H9F3N4O2/c11-10(12,13)9-14-2-1-7(15-9)17-16-6-3-5(4-6)8(18)19/h1-2,5H,3-4H2,(H,18,19)(H,14,15,17). The number of carboxylic acid groups (broad SMARTS) is 1. The summed E-state index contributed by atoms with van der Waals surface area (Å²) < 4.78 is 37.0. The maximum atomic E-state index is 12.3. The fourth-order valence-electron chi connectivity index (χ4n) is 1.47. The predicted molar refractivity (Wildman–Crippen MR) is 58.5 cm³/mol. The summed E-state index contributed by atoms with van der Waals surface area (Å²) in [6, 6.07) is 1.24. The van der Waals surface area contributed by atoms with Crippen molar-refractivity contribution in [2.45, 2.75) is 19.0 Å². The van der Waals surface area contributed by atoms with Gasteiger partial charge in [-0.25, -0.2) is 9.97 Å². The molecule has 1 saturated carbocycles.